The maximum absolute atomic E-state index is 6.75. The number of benzene rings is 1. The SMILES string of the molecule is Cc1ccc(C2(N)CCCCC2)c2c1CCCC2. The Morgan fingerprint density at radius 1 is 0.889 bits per heavy atom. The Hall–Kier alpha value is -0.820. The van der Waals surface area contributed by atoms with Gasteiger partial charge in [0.2, 0.25) is 0 Å². The van der Waals surface area contributed by atoms with Gasteiger partial charge in [-0.3, -0.25) is 0 Å². The molecule has 98 valence electrons. The smallest absolute Gasteiger partial charge is 0.0412 e. The molecule has 0 radical (unpaired) electrons. The number of hydrogen-bond acceptors (Lipinski definition) is 1. The van der Waals surface area contributed by atoms with Gasteiger partial charge in [0.15, 0.2) is 0 Å². The van der Waals surface area contributed by atoms with Gasteiger partial charge >= 0.3 is 0 Å². The average molecular weight is 243 g/mol. The second-order valence-corrected chi connectivity index (χ2v) is 6.31. The number of rotatable bonds is 1. The molecule has 1 aromatic carbocycles. The Kier molecular flexibility index (Phi) is 3.19. The fourth-order valence-electron chi connectivity index (χ4n) is 3.97. The van der Waals surface area contributed by atoms with Gasteiger partial charge in [0.1, 0.15) is 0 Å². The van der Waals surface area contributed by atoms with Crippen LogP contribution >= 0.6 is 0 Å². The van der Waals surface area contributed by atoms with Gasteiger partial charge in [-0.1, -0.05) is 31.4 Å². The molecule has 0 atom stereocenters. The first kappa shape index (κ1) is 12.2. The average Bonchev–Trinajstić information content (AvgIpc) is 2.40. The second-order valence-electron chi connectivity index (χ2n) is 6.31. The molecule has 0 amide bonds. The summed E-state index contributed by atoms with van der Waals surface area (Å²) in [6.07, 6.45) is 11.6. The molecule has 18 heavy (non-hydrogen) atoms. The topological polar surface area (TPSA) is 26.0 Å². The van der Waals surface area contributed by atoms with E-state index in [1.165, 1.54) is 68.9 Å². The number of aryl methyl sites for hydroxylation is 1. The third kappa shape index (κ3) is 1.99. The Balaban J connectivity index is 2.06. The summed E-state index contributed by atoms with van der Waals surface area (Å²) in [5.74, 6) is 0. The standard InChI is InChI=1S/C17H25N/c1-13-9-10-16(15-8-4-3-7-14(13)15)17(18)11-5-2-6-12-17/h9-10H,2-8,11-12,18H2,1H3. The minimum atomic E-state index is -0.0205. The third-order valence-electron chi connectivity index (χ3n) is 5.05. The van der Waals surface area contributed by atoms with E-state index in [-0.39, 0.29) is 5.54 Å². The van der Waals surface area contributed by atoms with Crippen LogP contribution in [-0.2, 0) is 18.4 Å². The zero-order chi connectivity index (χ0) is 12.6. The van der Waals surface area contributed by atoms with Gasteiger partial charge in [-0.15, -0.1) is 0 Å². The van der Waals surface area contributed by atoms with E-state index >= 15 is 0 Å². The summed E-state index contributed by atoms with van der Waals surface area (Å²) in [5, 5.41) is 0. The minimum absolute atomic E-state index is 0.0205. The quantitative estimate of drug-likeness (QED) is 0.793. The summed E-state index contributed by atoms with van der Waals surface area (Å²) in [4.78, 5) is 0. The zero-order valence-electron chi connectivity index (χ0n) is 11.6. The molecule has 0 aromatic heterocycles. The number of hydrogen-bond donors (Lipinski definition) is 1. The lowest BCUT2D eigenvalue weighted by molar-refractivity contribution is 0.299. The Morgan fingerprint density at radius 2 is 1.56 bits per heavy atom. The molecule has 2 N–H and O–H groups in total. The second kappa shape index (κ2) is 4.70. The van der Waals surface area contributed by atoms with Gasteiger partial charge in [0.05, 0.1) is 0 Å². The maximum atomic E-state index is 6.75. The fourth-order valence-corrected chi connectivity index (χ4v) is 3.97. The van der Waals surface area contributed by atoms with Crippen molar-refractivity contribution in [2.24, 2.45) is 5.73 Å². The largest absolute Gasteiger partial charge is 0.321 e. The van der Waals surface area contributed by atoms with Gasteiger partial charge in [-0.2, -0.15) is 0 Å². The van der Waals surface area contributed by atoms with E-state index in [4.69, 9.17) is 5.73 Å². The van der Waals surface area contributed by atoms with Crippen LogP contribution in [0.1, 0.15) is 67.2 Å². The van der Waals surface area contributed by atoms with Gasteiger partial charge in [0, 0.05) is 5.54 Å². The highest BCUT2D eigenvalue weighted by Gasteiger charge is 2.32. The molecule has 0 heterocycles. The van der Waals surface area contributed by atoms with E-state index in [2.05, 4.69) is 19.1 Å². The highest BCUT2D eigenvalue weighted by atomic mass is 14.7. The summed E-state index contributed by atoms with van der Waals surface area (Å²) >= 11 is 0. The molecule has 2 aliphatic carbocycles. The fraction of sp³-hybridized carbons (Fsp3) is 0.647. The predicted molar refractivity (Wildman–Crippen MR) is 76.8 cm³/mol. The Morgan fingerprint density at radius 3 is 2.28 bits per heavy atom. The lowest BCUT2D eigenvalue weighted by Crippen LogP contribution is -2.40. The Bertz CT molecular complexity index is 441. The predicted octanol–water partition coefficient (Wildman–Crippen LogP) is 3.99. The van der Waals surface area contributed by atoms with Crippen molar-refractivity contribution in [1.82, 2.24) is 0 Å². The molecule has 0 aliphatic heterocycles. The summed E-state index contributed by atoms with van der Waals surface area (Å²) in [6, 6.07) is 4.65. The molecule has 3 rings (SSSR count). The van der Waals surface area contributed by atoms with Crippen LogP contribution in [0.15, 0.2) is 12.1 Å². The summed E-state index contributed by atoms with van der Waals surface area (Å²) in [6.45, 7) is 2.26. The first-order chi connectivity index (χ1) is 8.71. The van der Waals surface area contributed by atoms with Gasteiger partial charge in [-0.25, -0.2) is 0 Å². The monoisotopic (exact) mass is 243 g/mol. The molecule has 0 saturated heterocycles. The lowest BCUT2D eigenvalue weighted by Gasteiger charge is -2.37. The maximum Gasteiger partial charge on any atom is 0.0412 e. The van der Waals surface area contributed by atoms with Crippen molar-refractivity contribution in [3.05, 3.63) is 34.4 Å². The van der Waals surface area contributed by atoms with Crippen molar-refractivity contribution in [2.45, 2.75) is 70.3 Å². The van der Waals surface area contributed by atoms with Crippen molar-refractivity contribution in [2.75, 3.05) is 0 Å². The zero-order valence-corrected chi connectivity index (χ0v) is 11.6. The van der Waals surface area contributed by atoms with E-state index in [0.29, 0.717) is 0 Å². The molecule has 1 fully saturated rings. The molecular weight excluding hydrogens is 218 g/mol. The highest BCUT2D eigenvalue weighted by molar-refractivity contribution is 5.45. The van der Waals surface area contributed by atoms with Crippen molar-refractivity contribution in [1.29, 1.82) is 0 Å². The molecule has 0 bridgehead atoms. The van der Waals surface area contributed by atoms with E-state index in [1.54, 1.807) is 11.1 Å². The molecule has 0 spiro atoms. The number of fused-ring (bicyclic) bond motifs is 1. The number of nitrogens with two attached hydrogens (primary N) is 1. The molecule has 1 saturated carbocycles. The van der Waals surface area contributed by atoms with Crippen LogP contribution in [0, 0.1) is 6.92 Å². The van der Waals surface area contributed by atoms with Crippen molar-refractivity contribution in [3.8, 4) is 0 Å². The lowest BCUT2D eigenvalue weighted by atomic mass is 9.72. The van der Waals surface area contributed by atoms with E-state index in [0.717, 1.165) is 0 Å². The van der Waals surface area contributed by atoms with Crippen LogP contribution < -0.4 is 5.73 Å². The van der Waals surface area contributed by atoms with Gasteiger partial charge in [-0.05, 0) is 67.7 Å². The molecule has 2 aliphatic rings. The molecule has 1 nitrogen and oxygen atoms in total. The van der Waals surface area contributed by atoms with Crippen molar-refractivity contribution in [3.63, 3.8) is 0 Å². The molecule has 1 heteroatoms. The molecular formula is C17H25N. The minimum Gasteiger partial charge on any atom is -0.321 e. The highest BCUT2D eigenvalue weighted by Crippen LogP contribution is 2.39. The summed E-state index contributed by atoms with van der Waals surface area (Å²) < 4.78 is 0. The van der Waals surface area contributed by atoms with Crippen LogP contribution in [0.4, 0.5) is 0 Å². The van der Waals surface area contributed by atoms with Crippen molar-refractivity contribution < 1.29 is 0 Å². The summed E-state index contributed by atoms with van der Waals surface area (Å²) in [5.41, 5.74) is 12.9. The van der Waals surface area contributed by atoms with Crippen LogP contribution in [-0.4, -0.2) is 0 Å². The molecule has 0 unspecified atom stereocenters. The van der Waals surface area contributed by atoms with E-state index in [1.807, 2.05) is 0 Å². The van der Waals surface area contributed by atoms with Crippen LogP contribution in [0.2, 0.25) is 0 Å². The van der Waals surface area contributed by atoms with Crippen molar-refractivity contribution >= 4 is 0 Å². The van der Waals surface area contributed by atoms with Gasteiger partial charge < -0.3 is 5.73 Å². The van der Waals surface area contributed by atoms with Crippen LogP contribution in [0.5, 0.6) is 0 Å². The Labute approximate surface area is 111 Å². The van der Waals surface area contributed by atoms with E-state index < -0.39 is 0 Å². The van der Waals surface area contributed by atoms with Crippen LogP contribution in [0.25, 0.3) is 0 Å². The normalized spacial score (nSPS) is 22.6. The third-order valence-corrected chi connectivity index (χ3v) is 5.05. The van der Waals surface area contributed by atoms with Gasteiger partial charge in [0.25, 0.3) is 0 Å². The van der Waals surface area contributed by atoms with Crippen LogP contribution in [0.3, 0.4) is 0 Å². The first-order valence-electron chi connectivity index (χ1n) is 7.61. The summed E-state index contributed by atoms with van der Waals surface area (Å²) in [7, 11) is 0. The molecule has 1 aromatic rings. The van der Waals surface area contributed by atoms with E-state index in [9.17, 15) is 0 Å². The first-order valence-corrected chi connectivity index (χ1v) is 7.61.